The maximum atomic E-state index is 13.3. The van der Waals surface area contributed by atoms with Crippen LogP contribution in [0.5, 0.6) is 5.75 Å². The standard InChI is InChI=1S/C23H26N4O4S2/c1-31-18-9-7-17(8-10-18)20-15-32-23(25-20)26-22(28)21-4-2-3-13-27(21)33(29,30)19-11-5-16(14-24)6-12-19/h5-12,15,21H,2-4,13-14,24H2,1H3,(H,25,26,28)/t21-/m1/s1. The van der Waals surface area contributed by atoms with Crippen molar-refractivity contribution in [3.8, 4) is 17.0 Å². The Labute approximate surface area is 197 Å². The van der Waals surface area contributed by atoms with Gasteiger partial charge >= 0.3 is 0 Å². The minimum Gasteiger partial charge on any atom is -0.497 e. The van der Waals surface area contributed by atoms with Crippen molar-refractivity contribution in [1.82, 2.24) is 9.29 Å². The Hall–Kier alpha value is -2.79. The van der Waals surface area contributed by atoms with Crippen LogP contribution in [0, 0.1) is 0 Å². The van der Waals surface area contributed by atoms with Gasteiger partial charge in [0.25, 0.3) is 0 Å². The average Bonchev–Trinajstić information content (AvgIpc) is 3.32. The van der Waals surface area contributed by atoms with Gasteiger partial charge in [-0.2, -0.15) is 4.31 Å². The topological polar surface area (TPSA) is 115 Å². The quantitative estimate of drug-likeness (QED) is 0.529. The molecule has 1 amide bonds. The number of nitrogens with two attached hydrogens (primary N) is 1. The van der Waals surface area contributed by atoms with E-state index >= 15 is 0 Å². The summed E-state index contributed by atoms with van der Waals surface area (Å²) < 4.78 is 33.1. The van der Waals surface area contributed by atoms with Crippen molar-refractivity contribution in [1.29, 1.82) is 0 Å². The lowest BCUT2D eigenvalue weighted by atomic mass is 10.0. The van der Waals surface area contributed by atoms with E-state index in [-0.39, 0.29) is 10.8 Å². The molecule has 2 aromatic carbocycles. The van der Waals surface area contributed by atoms with Crippen molar-refractivity contribution in [2.24, 2.45) is 5.73 Å². The Bertz CT molecular complexity index is 1210. The molecule has 2 heterocycles. The van der Waals surface area contributed by atoms with E-state index in [2.05, 4.69) is 10.3 Å². The van der Waals surface area contributed by atoms with Crippen LogP contribution in [0.15, 0.2) is 58.8 Å². The lowest BCUT2D eigenvalue weighted by molar-refractivity contribution is -0.120. The highest BCUT2D eigenvalue weighted by atomic mass is 32.2. The predicted octanol–water partition coefficient (Wildman–Crippen LogP) is 3.46. The zero-order chi connectivity index (χ0) is 23.4. The third-order valence-corrected chi connectivity index (χ3v) is 8.32. The van der Waals surface area contributed by atoms with Crippen molar-refractivity contribution in [2.75, 3.05) is 19.0 Å². The summed E-state index contributed by atoms with van der Waals surface area (Å²) >= 11 is 1.30. The number of nitrogens with one attached hydrogen (secondary N) is 1. The third-order valence-electron chi connectivity index (χ3n) is 5.64. The van der Waals surface area contributed by atoms with Gasteiger partial charge < -0.3 is 15.8 Å². The molecule has 4 rings (SSSR count). The summed E-state index contributed by atoms with van der Waals surface area (Å²) in [6.07, 6.45) is 1.95. The summed E-state index contributed by atoms with van der Waals surface area (Å²) in [5.41, 5.74) is 8.09. The minimum atomic E-state index is -3.82. The van der Waals surface area contributed by atoms with Crippen LogP contribution in [0.4, 0.5) is 5.13 Å². The monoisotopic (exact) mass is 486 g/mol. The highest BCUT2D eigenvalue weighted by Crippen LogP contribution is 2.29. The van der Waals surface area contributed by atoms with Gasteiger partial charge in [0.2, 0.25) is 15.9 Å². The summed E-state index contributed by atoms with van der Waals surface area (Å²) in [7, 11) is -2.21. The molecule has 0 aliphatic carbocycles. The van der Waals surface area contributed by atoms with Crippen LogP contribution in [-0.2, 0) is 21.4 Å². The first-order valence-electron chi connectivity index (χ1n) is 10.6. The van der Waals surface area contributed by atoms with Gasteiger partial charge in [0.1, 0.15) is 11.8 Å². The lowest BCUT2D eigenvalue weighted by Crippen LogP contribution is -2.49. The van der Waals surface area contributed by atoms with E-state index in [4.69, 9.17) is 10.5 Å². The molecular formula is C23H26N4O4S2. The number of amides is 1. The number of benzene rings is 2. The SMILES string of the molecule is COc1ccc(-c2csc(NC(=O)[C@H]3CCCCN3S(=O)(=O)c3ccc(CN)cc3)n2)cc1. The maximum absolute atomic E-state index is 13.3. The molecule has 1 fully saturated rings. The first kappa shape index (κ1) is 23.4. The summed E-state index contributed by atoms with van der Waals surface area (Å²) in [6, 6.07) is 13.2. The second-order valence-corrected chi connectivity index (χ2v) is 10.5. The molecule has 3 N–H and O–H groups in total. The number of anilines is 1. The van der Waals surface area contributed by atoms with Crippen molar-refractivity contribution in [3.63, 3.8) is 0 Å². The van der Waals surface area contributed by atoms with Gasteiger partial charge in [-0.1, -0.05) is 18.6 Å². The molecule has 1 aliphatic heterocycles. The Morgan fingerprint density at radius 2 is 1.91 bits per heavy atom. The van der Waals surface area contributed by atoms with Gasteiger partial charge in [-0.05, 0) is 54.8 Å². The van der Waals surface area contributed by atoms with Crippen LogP contribution in [-0.4, -0.2) is 43.3 Å². The molecule has 0 bridgehead atoms. The molecule has 1 aromatic heterocycles. The van der Waals surface area contributed by atoms with Gasteiger partial charge in [0, 0.05) is 24.0 Å². The minimum absolute atomic E-state index is 0.162. The van der Waals surface area contributed by atoms with Gasteiger partial charge in [-0.25, -0.2) is 13.4 Å². The number of thiazole rings is 1. The number of hydrogen-bond acceptors (Lipinski definition) is 7. The Morgan fingerprint density at radius 1 is 1.18 bits per heavy atom. The van der Waals surface area contributed by atoms with Crippen molar-refractivity contribution >= 4 is 32.4 Å². The van der Waals surface area contributed by atoms with Crippen LogP contribution in [0.3, 0.4) is 0 Å². The third kappa shape index (κ3) is 5.09. The first-order valence-corrected chi connectivity index (χ1v) is 13.0. The number of methoxy groups -OCH3 is 1. The van der Waals surface area contributed by atoms with Crippen molar-refractivity contribution in [3.05, 3.63) is 59.5 Å². The number of carbonyl (C=O) groups excluding carboxylic acids is 1. The number of hydrogen-bond donors (Lipinski definition) is 2. The van der Waals surface area contributed by atoms with Crippen LogP contribution in [0.2, 0.25) is 0 Å². The molecule has 1 saturated heterocycles. The zero-order valence-corrected chi connectivity index (χ0v) is 19.9. The normalized spacial score (nSPS) is 17.0. The van der Waals surface area contributed by atoms with E-state index in [1.54, 1.807) is 31.4 Å². The fourth-order valence-electron chi connectivity index (χ4n) is 3.80. The summed E-state index contributed by atoms with van der Waals surface area (Å²) in [4.78, 5) is 17.8. The number of sulfonamides is 1. The molecule has 8 nitrogen and oxygen atoms in total. The maximum Gasteiger partial charge on any atom is 0.244 e. The second-order valence-electron chi connectivity index (χ2n) is 7.73. The van der Waals surface area contributed by atoms with E-state index in [1.165, 1.54) is 15.6 Å². The number of piperidine rings is 1. The number of ether oxygens (including phenoxy) is 1. The Kier molecular flexibility index (Phi) is 7.08. The van der Waals surface area contributed by atoms with E-state index in [9.17, 15) is 13.2 Å². The highest BCUT2D eigenvalue weighted by molar-refractivity contribution is 7.89. The molecular weight excluding hydrogens is 460 g/mol. The summed E-state index contributed by atoms with van der Waals surface area (Å²) in [6.45, 7) is 0.634. The van der Waals surface area contributed by atoms with Crippen LogP contribution < -0.4 is 15.8 Å². The van der Waals surface area contributed by atoms with E-state index in [1.807, 2.05) is 29.6 Å². The van der Waals surface area contributed by atoms with Crippen LogP contribution in [0.1, 0.15) is 24.8 Å². The number of rotatable bonds is 7. The summed E-state index contributed by atoms with van der Waals surface area (Å²) in [5.74, 6) is 0.381. The Balaban J connectivity index is 1.51. The molecule has 0 spiro atoms. The van der Waals surface area contributed by atoms with Crippen molar-refractivity contribution in [2.45, 2.75) is 36.7 Å². The highest BCUT2D eigenvalue weighted by Gasteiger charge is 2.37. The molecule has 0 unspecified atom stereocenters. The lowest BCUT2D eigenvalue weighted by Gasteiger charge is -2.33. The predicted molar refractivity (Wildman–Crippen MR) is 129 cm³/mol. The zero-order valence-electron chi connectivity index (χ0n) is 18.2. The van der Waals surface area contributed by atoms with Gasteiger partial charge in [-0.15, -0.1) is 11.3 Å². The molecule has 3 aromatic rings. The number of carbonyl (C=O) groups is 1. The van der Waals surface area contributed by atoms with E-state index < -0.39 is 16.1 Å². The second kappa shape index (κ2) is 10.0. The molecule has 174 valence electrons. The van der Waals surface area contributed by atoms with Crippen LogP contribution in [0.25, 0.3) is 11.3 Å². The molecule has 0 saturated carbocycles. The van der Waals surface area contributed by atoms with Crippen LogP contribution >= 0.6 is 11.3 Å². The molecule has 10 heteroatoms. The fraction of sp³-hybridized carbons (Fsp3) is 0.304. The molecule has 1 aliphatic rings. The number of nitrogens with zero attached hydrogens (tertiary/aromatic N) is 2. The van der Waals surface area contributed by atoms with E-state index in [0.717, 1.165) is 29.0 Å². The first-order chi connectivity index (χ1) is 15.9. The van der Waals surface area contributed by atoms with Gasteiger partial charge in [-0.3, -0.25) is 4.79 Å². The smallest absolute Gasteiger partial charge is 0.244 e. The van der Waals surface area contributed by atoms with E-state index in [0.29, 0.717) is 31.1 Å². The summed E-state index contributed by atoms with van der Waals surface area (Å²) in [5, 5.41) is 5.10. The molecule has 0 radical (unpaired) electrons. The Morgan fingerprint density at radius 3 is 2.58 bits per heavy atom. The fourth-order valence-corrected chi connectivity index (χ4v) is 6.18. The van der Waals surface area contributed by atoms with Gasteiger partial charge in [0.15, 0.2) is 5.13 Å². The molecule has 33 heavy (non-hydrogen) atoms. The van der Waals surface area contributed by atoms with Gasteiger partial charge in [0.05, 0.1) is 17.7 Å². The number of aromatic nitrogens is 1. The largest absolute Gasteiger partial charge is 0.497 e. The molecule has 1 atom stereocenters. The average molecular weight is 487 g/mol. The van der Waals surface area contributed by atoms with Crippen molar-refractivity contribution < 1.29 is 17.9 Å².